The van der Waals surface area contributed by atoms with E-state index in [1.165, 1.54) is 31.7 Å². The molecule has 98 valence electrons. The van der Waals surface area contributed by atoms with Crippen LogP contribution in [0.2, 0.25) is 0 Å². The summed E-state index contributed by atoms with van der Waals surface area (Å²) in [5, 5.41) is 8.60. The molecule has 0 heterocycles. The zero-order valence-corrected chi connectivity index (χ0v) is 11.0. The Morgan fingerprint density at radius 2 is 2.06 bits per heavy atom. The van der Waals surface area contributed by atoms with Gasteiger partial charge in [-0.25, -0.2) is 13.6 Å². The second-order valence-electron chi connectivity index (χ2n) is 5.50. The van der Waals surface area contributed by atoms with Crippen molar-refractivity contribution in [2.75, 3.05) is 5.32 Å². The lowest BCUT2D eigenvalue weighted by molar-refractivity contribution is 0.439. The van der Waals surface area contributed by atoms with Crippen LogP contribution >= 0.6 is 0 Å². The minimum absolute atomic E-state index is 0.177. The Balaban J connectivity index is 1.77. The first-order chi connectivity index (χ1) is 8.52. The van der Waals surface area contributed by atoms with E-state index < -0.39 is 10.0 Å². The number of fused-ring (bicyclic) bond motifs is 2. The molecule has 4 nitrogen and oxygen atoms in total. The maximum Gasteiger partial charge on any atom is 0.238 e. The van der Waals surface area contributed by atoms with Crippen LogP contribution in [0.3, 0.4) is 0 Å². The van der Waals surface area contributed by atoms with Crippen LogP contribution in [0.5, 0.6) is 0 Å². The molecule has 1 aromatic carbocycles. The van der Waals surface area contributed by atoms with E-state index in [1.807, 2.05) is 6.07 Å². The number of primary sulfonamides is 1. The zero-order chi connectivity index (χ0) is 12.8. The van der Waals surface area contributed by atoms with Crippen molar-refractivity contribution < 1.29 is 8.42 Å². The zero-order valence-electron chi connectivity index (χ0n) is 10.2. The predicted octanol–water partition coefficient (Wildman–Crippen LogP) is 1.93. The minimum atomic E-state index is -3.61. The molecule has 0 radical (unpaired) electrons. The molecule has 2 fully saturated rings. The molecule has 5 heteroatoms. The summed E-state index contributed by atoms with van der Waals surface area (Å²) in [5.74, 6) is 1.63. The summed E-state index contributed by atoms with van der Waals surface area (Å²) in [6, 6.07) is 7.29. The van der Waals surface area contributed by atoms with E-state index in [0.29, 0.717) is 6.04 Å². The molecule has 3 rings (SSSR count). The number of nitrogens with one attached hydrogen (secondary N) is 1. The van der Waals surface area contributed by atoms with Gasteiger partial charge in [-0.3, -0.25) is 0 Å². The lowest BCUT2D eigenvalue weighted by Gasteiger charge is -2.24. The van der Waals surface area contributed by atoms with E-state index >= 15 is 0 Å². The molecule has 3 atom stereocenters. The molecule has 2 saturated carbocycles. The summed E-state index contributed by atoms with van der Waals surface area (Å²) >= 11 is 0. The second-order valence-corrected chi connectivity index (χ2v) is 7.06. The van der Waals surface area contributed by atoms with E-state index in [2.05, 4.69) is 5.32 Å². The van der Waals surface area contributed by atoms with E-state index in [-0.39, 0.29) is 4.90 Å². The van der Waals surface area contributed by atoms with Gasteiger partial charge < -0.3 is 5.32 Å². The number of hydrogen-bond donors (Lipinski definition) is 2. The van der Waals surface area contributed by atoms with Gasteiger partial charge in [0.1, 0.15) is 0 Å². The van der Waals surface area contributed by atoms with Crippen LogP contribution < -0.4 is 10.5 Å². The van der Waals surface area contributed by atoms with Crippen molar-refractivity contribution in [2.24, 2.45) is 17.0 Å². The Kier molecular flexibility index (Phi) is 2.83. The third-order valence-corrected chi connectivity index (χ3v) is 5.16. The van der Waals surface area contributed by atoms with Gasteiger partial charge in [0, 0.05) is 11.7 Å². The van der Waals surface area contributed by atoms with Gasteiger partial charge in [-0.15, -0.1) is 0 Å². The highest BCUT2D eigenvalue weighted by molar-refractivity contribution is 7.89. The molecule has 0 spiro atoms. The largest absolute Gasteiger partial charge is 0.382 e. The Bertz CT molecular complexity index is 556. The van der Waals surface area contributed by atoms with Crippen LogP contribution in [-0.4, -0.2) is 14.5 Å². The van der Waals surface area contributed by atoms with E-state index in [0.717, 1.165) is 17.5 Å². The highest BCUT2D eigenvalue weighted by atomic mass is 32.2. The average Bonchev–Trinajstić information content (AvgIpc) is 2.90. The lowest BCUT2D eigenvalue weighted by atomic mass is 9.95. The second kappa shape index (κ2) is 4.24. The highest BCUT2D eigenvalue weighted by Gasteiger charge is 2.39. The lowest BCUT2D eigenvalue weighted by Crippen LogP contribution is -2.26. The van der Waals surface area contributed by atoms with Gasteiger partial charge in [-0.1, -0.05) is 12.5 Å². The van der Waals surface area contributed by atoms with Gasteiger partial charge in [-0.2, -0.15) is 0 Å². The molecular formula is C13H18N2O2S. The fourth-order valence-corrected chi connectivity index (χ4v) is 3.96. The molecule has 1 aromatic rings. The van der Waals surface area contributed by atoms with Crippen molar-refractivity contribution >= 4 is 15.7 Å². The third kappa shape index (κ3) is 2.24. The van der Waals surface area contributed by atoms with Crippen LogP contribution in [0.15, 0.2) is 29.2 Å². The van der Waals surface area contributed by atoms with Crippen molar-refractivity contribution in [2.45, 2.75) is 36.6 Å². The van der Waals surface area contributed by atoms with E-state index in [1.54, 1.807) is 12.1 Å². The molecule has 0 amide bonds. The van der Waals surface area contributed by atoms with Gasteiger partial charge in [0.2, 0.25) is 10.0 Å². The first-order valence-electron chi connectivity index (χ1n) is 6.42. The number of benzene rings is 1. The SMILES string of the molecule is NS(=O)(=O)c1cccc(NC2CC3CCC2C3)c1. The molecule has 2 aliphatic rings. The van der Waals surface area contributed by atoms with Crippen molar-refractivity contribution in [1.29, 1.82) is 0 Å². The normalized spacial score (nSPS) is 30.6. The number of nitrogens with two attached hydrogens (primary N) is 1. The molecule has 0 aromatic heterocycles. The van der Waals surface area contributed by atoms with Crippen LogP contribution in [0.1, 0.15) is 25.7 Å². The van der Waals surface area contributed by atoms with Gasteiger partial charge in [-0.05, 0) is 49.3 Å². The van der Waals surface area contributed by atoms with Crippen LogP contribution in [0, 0.1) is 11.8 Å². The van der Waals surface area contributed by atoms with Gasteiger partial charge in [0.05, 0.1) is 4.90 Å². The Labute approximate surface area is 108 Å². The number of anilines is 1. The summed E-state index contributed by atoms with van der Waals surface area (Å²) in [6.07, 6.45) is 5.20. The smallest absolute Gasteiger partial charge is 0.238 e. The van der Waals surface area contributed by atoms with E-state index in [4.69, 9.17) is 5.14 Å². The van der Waals surface area contributed by atoms with Crippen LogP contribution in [-0.2, 0) is 10.0 Å². The molecule has 0 saturated heterocycles. The summed E-state index contributed by atoms with van der Waals surface area (Å²) in [6.45, 7) is 0. The van der Waals surface area contributed by atoms with E-state index in [9.17, 15) is 8.42 Å². The average molecular weight is 266 g/mol. The fourth-order valence-electron chi connectivity index (χ4n) is 3.40. The first kappa shape index (κ1) is 12.0. The predicted molar refractivity (Wildman–Crippen MR) is 70.7 cm³/mol. The Morgan fingerprint density at radius 1 is 1.22 bits per heavy atom. The number of rotatable bonds is 3. The third-order valence-electron chi connectivity index (χ3n) is 4.25. The summed E-state index contributed by atoms with van der Waals surface area (Å²) in [7, 11) is -3.61. The summed E-state index contributed by atoms with van der Waals surface area (Å²) < 4.78 is 22.6. The molecule has 2 aliphatic carbocycles. The Hall–Kier alpha value is -1.07. The van der Waals surface area contributed by atoms with Crippen molar-refractivity contribution in [1.82, 2.24) is 0 Å². The maximum absolute atomic E-state index is 11.3. The summed E-state index contributed by atoms with van der Waals surface area (Å²) in [5.41, 5.74) is 0.860. The van der Waals surface area contributed by atoms with Gasteiger partial charge in [0.25, 0.3) is 0 Å². The quantitative estimate of drug-likeness (QED) is 0.878. The first-order valence-corrected chi connectivity index (χ1v) is 7.96. The molecule has 18 heavy (non-hydrogen) atoms. The van der Waals surface area contributed by atoms with Crippen LogP contribution in [0.4, 0.5) is 5.69 Å². The van der Waals surface area contributed by atoms with Crippen molar-refractivity contribution in [3.63, 3.8) is 0 Å². The topological polar surface area (TPSA) is 72.2 Å². The Morgan fingerprint density at radius 3 is 2.67 bits per heavy atom. The molecule has 2 bridgehead atoms. The van der Waals surface area contributed by atoms with Crippen molar-refractivity contribution in [3.8, 4) is 0 Å². The minimum Gasteiger partial charge on any atom is -0.382 e. The molecular weight excluding hydrogens is 248 g/mol. The molecule has 3 N–H and O–H groups in total. The maximum atomic E-state index is 11.3. The highest BCUT2D eigenvalue weighted by Crippen LogP contribution is 2.45. The molecule has 3 unspecified atom stereocenters. The van der Waals surface area contributed by atoms with Crippen molar-refractivity contribution in [3.05, 3.63) is 24.3 Å². The van der Waals surface area contributed by atoms with Gasteiger partial charge in [0.15, 0.2) is 0 Å². The molecule has 0 aliphatic heterocycles. The summed E-state index contributed by atoms with van der Waals surface area (Å²) in [4.78, 5) is 0.177. The fraction of sp³-hybridized carbons (Fsp3) is 0.538. The number of sulfonamides is 1. The van der Waals surface area contributed by atoms with Crippen LogP contribution in [0.25, 0.3) is 0 Å². The monoisotopic (exact) mass is 266 g/mol. The standard InChI is InChI=1S/C13H18N2O2S/c14-18(16,17)12-3-1-2-11(8-12)15-13-7-9-4-5-10(13)6-9/h1-3,8-10,13,15H,4-7H2,(H2,14,16,17). The van der Waals surface area contributed by atoms with Gasteiger partial charge >= 0.3 is 0 Å². The number of hydrogen-bond acceptors (Lipinski definition) is 3.